The van der Waals surface area contributed by atoms with Gasteiger partial charge < -0.3 is 4.79 Å². The Morgan fingerprint density at radius 3 is 2.88 bits per heavy atom. The van der Waals surface area contributed by atoms with Gasteiger partial charge in [-0.2, -0.15) is 0 Å². The molecule has 0 radical (unpaired) electrons. The van der Waals surface area contributed by atoms with E-state index in [-0.39, 0.29) is 6.04 Å². The van der Waals surface area contributed by atoms with Crippen LogP contribution in [0.3, 0.4) is 0 Å². The summed E-state index contributed by atoms with van der Waals surface area (Å²) in [5.41, 5.74) is 1.39. The summed E-state index contributed by atoms with van der Waals surface area (Å²) < 4.78 is 0. The smallest absolute Gasteiger partial charge is 0.137 e. The highest BCUT2D eigenvalue weighted by molar-refractivity contribution is 5.58. The summed E-state index contributed by atoms with van der Waals surface area (Å²) in [5, 5.41) is 0. The summed E-state index contributed by atoms with van der Waals surface area (Å²) in [7, 11) is 0. The van der Waals surface area contributed by atoms with E-state index in [0.29, 0.717) is 0 Å². The molecule has 1 aromatic rings. The van der Waals surface area contributed by atoms with Gasteiger partial charge in [-0.1, -0.05) is 30.3 Å². The van der Waals surface area contributed by atoms with Gasteiger partial charge in [0.15, 0.2) is 0 Å². The predicted octanol–water partition coefficient (Wildman–Crippen LogP) is 2.28. The molecule has 86 valence electrons. The van der Waals surface area contributed by atoms with Crippen LogP contribution in [-0.4, -0.2) is 30.3 Å². The average Bonchev–Trinajstić information content (AvgIpc) is 2.78. The van der Waals surface area contributed by atoms with Gasteiger partial charge in [0.05, 0.1) is 6.04 Å². The Morgan fingerprint density at radius 2 is 2.12 bits per heavy atom. The molecule has 1 heterocycles. The molecule has 1 saturated heterocycles. The van der Waals surface area contributed by atoms with Crippen LogP contribution in [0.4, 0.5) is 0 Å². The van der Waals surface area contributed by atoms with Crippen LogP contribution in [0.2, 0.25) is 0 Å². The number of hydrogen-bond donors (Lipinski definition) is 0. The zero-order valence-corrected chi connectivity index (χ0v) is 9.64. The summed E-state index contributed by atoms with van der Waals surface area (Å²) in [5.74, 6) is 0. The number of rotatable bonds is 5. The van der Waals surface area contributed by atoms with Crippen molar-refractivity contribution in [2.45, 2.75) is 31.7 Å². The molecule has 2 heteroatoms. The Hall–Kier alpha value is -1.15. The van der Waals surface area contributed by atoms with Gasteiger partial charge >= 0.3 is 0 Å². The van der Waals surface area contributed by atoms with Gasteiger partial charge in [0.2, 0.25) is 0 Å². The first-order valence-electron chi connectivity index (χ1n) is 6.13. The zero-order chi connectivity index (χ0) is 11.2. The van der Waals surface area contributed by atoms with Gasteiger partial charge in [0.1, 0.15) is 6.29 Å². The second-order valence-corrected chi connectivity index (χ2v) is 4.47. The van der Waals surface area contributed by atoms with Gasteiger partial charge in [-0.05, 0) is 44.3 Å². The summed E-state index contributed by atoms with van der Waals surface area (Å²) in [6.45, 7) is 2.15. The minimum atomic E-state index is 0.191. The standard InChI is InChI=1S/C14H19NO/c16-12-14-9-5-11-15(14)10-4-8-13-6-2-1-3-7-13/h1-3,6-7,12,14H,4-5,8-11H2/t14-/m0/s1. The second-order valence-electron chi connectivity index (χ2n) is 4.47. The molecule has 2 rings (SSSR count). The lowest BCUT2D eigenvalue weighted by Gasteiger charge is -2.19. The Bertz CT molecular complexity index is 323. The molecule has 2 nitrogen and oxygen atoms in total. The Balaban J connectivity index is 1.74. The molecule has 0 aromatic heterocycles. The van der Waals surface area contributed by atoms with E-state index in [4.69, 9.17) is 0 Å². The van der Waals surface area contributed by atoms with E-state index in [1.54, 1.807) is 0 Å². The number of aldehydes is 1. The third kappa shape index (κ3) is 2.92. The zero-order valence-electron chi connectivity index (χ0n) is 9.64. The molecule has 16 heavy (non-hydrogen) atoms. The first-order chi connectivity index (χ1) is 7.90. The fourth-order valence-electron chi connectivity index (χ4n) is 2.41. The molecule has 0 amide bonds. The van der Waals surface area contributed by atoms with E-state index in [0.717, 1.165) is 38.6 Å². The van der Waals surface area contributed by atoms with Crippen molar-refractivity contribution in [3.8, 4) is 0 Å². The highest BCUT2D eigenvalue weighted by atomic mass is 16.1. The Labute approximate surface area is 97.3 Å². The average molecular weight is 217 g/mol. The maximum absolute atomic E-state index is 10.8. The number of benzene rings is 1. The van der Waals surface area contributed by atoms with Gasteiger partial charge in [0, 0.05) is 0 Å². The van der Waals surface area contributed by atoms with E-state index in [1.807, 2.05) is 6.07 Å². The van der Waals surface area contributed by atoms with Crippen LogP contribution in [0.5, 0.6) is 0 Å². The lowest BCUT2D eigenvalue weighted by atomic mass is 10.1. The maximum atomic E-state index is 10.8. The van der Waals surface area contributed by atoms with Crippen molar-refractivity contribution >= 4 is 6.29 Å². The van der Waals surface area contributed by atoms with Gasteiger partial charge in [-0.3, -0.25) is 4.90 Å². The maximum Gasteiger partial charge on any atom is 0.137 e. The number of nitrogens with zero attached hydrogens (tertiary/aromatic N) is 1. The number of likely N-dealkylation sites (tertiary alicyclic amines) is 1. The highest BCUT2D eigenvalue weighted by Crippen LogP contribution is 2.16. The van der Waals surface area contributed by atoms with Crippen LogP contribution in [0.1, 0.15) is 24.8 Å². The van der Waals surface area contributed by atoms with Crippen LogP contribution in [0.15, 0.2) is 30.3 Å². The highest BCUT2D eigenvalue weighted by Gasteiger charge is 2.22. The normalized spacial score (nSPS) is 21.1. The summed E-state index contributed by atoms with van der Waals surface area (Å²) in [6, 6.07) is 10.7. The van der Waals surface area contributed by atoms with E-state index >= 15 is 0 Å². The molecule has 0 unspecified atom stereocenters. The predicted molar refractivity (Wildman–Crippen MR) is 65.4 cm³/mol. The molecule has 0 N–H and O–H groups in total. The largest absolute Gasteiger partial charge is 0.302 e. The van der Waals surface area contributed by atoms with Crippen molar-refractivity contribution in [2.24, 2.45) is 0 Å². The topological polar surface area (TPSA) is 20.3 Å². The molecule has 0 saturated carbocycles. The lowest BCUT2D eigenvalue weighted by molar-refractivity contribution is -0.111. The van der Waals surface area contributed by atoms with E-state index in [9.17, 15) is 4.79 Å². The van der Waals surface area contributed by atoms with E-state index in [2.05, 4.69) is 29.2 Å². The fraction of sp³-hybridized carbons (Fsp3) is 0.500. The number of aryl methyl sites for hydroxylation is 1. The van der Waals surface area contributed by atoms with Crippen LogP contribution < -0.4 is 0 Å². The first-order valence-corrected chi connectivity index (χ1v) is 6.13. The molecule has 1 aromatic carbocycles. The molecular weight excluding hydrogens is 198 g/mol. The van der Waals surface area contributed by atoms with Crippen molar-refractivity contribution < 1.29 is 4.79 Å². The molecule has 1 fully saturated rings. The fourth-order valence-corrected chi connectivity index (χ4v) is 2.41. The molecule has 1 aliphatic heterocycles. The SMILES string of the molecule is O=C[C@@H]1CCCN1CCCc1ccccc1. The Kier molecular flexibility index (Phi) is 4.11. The van der Waals surface area contributed by atoms with Crippen molar-refractivity contribution in [3.63, 3.8) is 0 Å². The molecule has 1 atom stereocenters. The van der Waals surface area contributed by atoms with Crippen LogP contribution in [-0.2, 0) is 11.2 Å². The van der Waals surface area contributed by atoms with Crippen LogP contribution in [0, 0.1) is 0 Å². The molecule has 1 aliphatic rings. The third-order valence-electron chi connectivity index (χ3n) is 3.32. The van der Waals surface area contributed by atoms with Crippen LogP contribution in [0.25, 0.3) is 0 Å². The first kappa shape index (κ1) is 11.3. The summed E-state index contributed by atoms with van der Waals surface area (Å²) >= 11 is 0. The third-order valence-corrected chi connectivity index (χ3v) is 3.32. The number of carbonyl (C=O) groups is 1. The van der Waals surface area contributed by atoms with Crippen molar-refractivity contribution in [2.75, 3.05) is 13.1 Å². The molecule has 0 aliphatic carbocycles. The number of hydrogen-bond acceptors (Lipinski definition) is 2. The Morgan fingerprint density at radius 1 is 1.31 bits per heavy atom. The van der Waals surface area contributed by atoms with Gasteiger partial charge in [-0.25, -0.2) is 0 Å². The summed E-state index contributed by atoms with van der Waals surface area (Å²) in [4.78, 5) is 13.1. The number of carbonyl (C=O) groups excluding carboxylic acids is 1. The van der Waals surface area contributed by atoms with Crippen molar-refractivity contribution in [1.29, 1.82) is 0 Å². The minimum Gasteiger partial charge on any atom is -0.302 e. The lowest BCUT2D eigenvalue weighted by Crippen LogP contribution is -2.31. The van der Waals surface area contributed by atoms with E-state index < -0.39 is 0 Å². The van der Waals surface area contributed by atoms with E-state index in [1.165, 1.54) is 12.0 Å². The summed E-state index contributed by atoms with van der Waals surface area (Å²) in [6.07, 6.45) is 5.59. The molecular formula is C14H19NO. The minimum absolute atomic E-state index is 0.191. The van der Waals surface area contributed by atoms with Crippen LogP contribution >= 0.6 is 0 Å². The quantitative estimate of drug-likeness (QED) is 0.705. The molecule has 0 bridgehead atoms. The molecule has 0 spiro atoms. The second kappa shape index (κ2) is 5.80. The van der Waals surface area contributed by atoms with Crippen molar-refractivity contribution in [1.82, 2.24) is 4.90 Å². The van der Waals surface area contributed by atoms with Gasteiger partial charge in [0.25, 0.3) is 0 Å². The van der Waals surface area contributed by atoms with Gasteiger partial charge in [-0.15, -0.1) is 0 Å². The van der Waals surface area contributed by atoms with Crippen molar-refractivity contribution in [3.05, 3.63) is 35.9 Å². The monoisotopic (exact) mass is 217 g/mol.